The molecular formula is C19H31NO. The van der Waals surface area contributed by atoms with Crippen LogP contribution in [-0.4, -0.2) is 20.2 Å². The molecule has 3 unspecified atom stereocenters. The molecule has 0 spiro atoms. The van der Waals surface area contributed by atoms with Crippen LogP contribution < -0.4 is 10.1 Å². The second kappa shape index (κ2) is 8.43. The van der Waals surface area contributed by atoms with E-state index in [0.29, 0.717) is 0 Å². The normalized spacial score (nSPS) is 25.8. The first-order valence-corrected chi connectivity index (χ1v) is 8.56. The zero-order valence-corrected chi connectivity index (χ0v) is 13.9. The minimum Gasteiger partial charge on any atom is -0.497 e. The lowest BCUT2D eigenvalue weighted by Gasteiger charge is -2.35. The highest BCUT2D eigenvalue weighted by atomic mass is 16.5. The Morgan fingerprint density at radius 1 is 1.24 bits per heavy atom. The van der Waals surface area contributed by atoms with Crippen LogP contribution in [-0.2, 0) is 6.42 Å². The molecule has 0 radical (unpaired) electrons. The summed E-state index contributed by atoms with van der Waals surface area (Å²) in [7, 11) is 1.75. The number of benzene rings is 1. The Labute approximate surface area is 130 Å². The molecule has 1 aliphatic rings. The van der Waals surface area contributed by atoms with E-state index in [1.165, 1.54) is 44.2 Å². The van der Waals surface area contributed by atoms with Crippen molar-refractivity contribution in [3.05, 3.63) is 29.8 Å². The van der Waals surface area contributed by atoms with Gasteiger partial charge in [0.2, 0.25) is 0 Å². The van der Waals surface area contributed by atoms with Crippen LogP contribution in [0.15, 0.2) is 24.3 Å². The molecule has 1 N–H and O–H groups in total. The van der Waals surface area contributed by atoms with Crippen molar-refractivity contribution in [1.29, 1.82) is 0 Å². The second-order valence-electron chi connectivity index (χ2n) is 6.70. The highest BCUT2D eigenvalue weighted by Gasteiger charge is 2.28. The van der Waals surface area contributed by atoms with Crippen LogP contribution in [0.3, 0.4) is 0 Å². The maximum Gasteiger partial charge on any atom is 0.119 e. The van der Waals surface area contributed by atoms with E-state index < -0.39 is 0 Å². The van der Waals surface area contributed by atoms with Gasteiger partial charge in [-0.05, 0) is 74.2 Å². The quantitative estimate of drug-likeness (QED) is 0.756. The molecule has 0 aliphatic heterocycles. The lowest BCUT2D eigenvalue weighted by Crippen LogP contribution is -2.34. The molecule has 21 heavy (non-hydrogen) atoms. The van der Waals surface area contributed by atoms with E-state index in [1.807, 2.05) is 6.07 Å². The number of hydrogen-bond acceptors (Lipinski definition) is 2. The molecule has 1 aromatic carbocycles. The van der Waals surface area contributed by atoms with Crippen LogP contribution >= 0.6 is 0 Å². The predicted octanol–water partition coefficient (Wildman–Crippen LogP) is 4.29. The first-order chi connectivity index (χ1) is 10.2. The summed E-state index contributed by atoms with van der Waals surface area (Å²) in [5, 5.41) is 3.63. The van der Waals surface area contributed by atoms with Crippen molar-refractivity contribution in [2.75, 3.05) is 20.2 Å². The average Bonchev–Trinajstić information content (AvgIpc) is 2.50. The van der Waals surface area contributed by atoms with E-state index in [0.717, 1.165) is 30.0 Å². The number of nitrogens with one attached hydrogen (secondary N) is 1. The summed E-state index contributed by atoms with van der Waals surface area (Å²) in [6, 6.07) is 8.60. The monoisotopic (exact) mass is 289 g/mol. The molecule has 0 saturated heterocycles. The van der Waals surface area contributed by atoms with Gasteiger partial charge in [-0.2, -0.15) is 0 Å². The standard InChI is InChI=1S/C19H31NO/c1-4-10-20-14-17-9-8-15(2)11-18(17)12-16-6-5-7-19(13-16)21-3/h5-7,13,15,17-18,20H,4,8-12,14H2,1-3H3. The van der Waals surface area contributed by atoms with E-state index in [9.17, 15) is 0 Å². The maximum atomic E-state index is 5.36. The molecule has 0 amide bonds. The Morgan fingerprint density at radius 3 is 2.86 bits per heavy atom. The molecule has 1 saturated carbocycles. The minimum absolute atomic E-state index is 0.810. The number of methoxy groups -OCH3 is 1. The Bertz CT molecular complexity index is 418. The molecule has 1 fully saturated rings. The highest BCUT2D eigenvalue weighted by molar-refractivity contribution is 5.28. The number of ether oxygens (including phenoxy) is 1. The number of hydrogen-bond donors (Lipinski definition) is 1. The van der Waals surface area contributed by atoms with Crippen molar-refractivity contribution >= 4 is 0 Å². The molecule has 2 nitrogen and oxygen atoms in total. The molecule has 1 aromatic rings. The number of rotatable bonds is 7. The minimum atomic E-state index is 0.810. The molecule has 2 rings (SSSR count). The van der Waals surface area contributed by atoms with Gasteiger partial charge in [0.1, 0.15) is 5.75 Å². The van der Waals surface area contributed by atoms with E-state index in [-0.39, 0.29) is 0 Å². The fourth-order valence-electron chi connectivity index (χ4n) is 3.65. The molecule has 2 heteroatoms. The third-order valence-electron chi connectivity index (χ3n) is 4.87. The van der Waals surface area contributed by atoms with Gasteiger partial charge in [0.15, 0.2) is 0 Å². The van der Waals surface area contributed by atoms with Crippen molar-refractivity contribution < 1.29 is 4.74 Å². The van der Waals surface area contributed by atoms with Gasteiger partial charge in [0.05, 0.1) is 7.11 Å². The van der Waals surface area contributed by atoms with Crippen molar-refractivity contribution in [2.24, 2.45) is 17.8 Å². The van der Waals surface area contributed by atoms with Gasteiger partial charge in [-0.25, -0.2) is 0 Å². The van der Waals surface area contributed by atoms with E-state index in [2.05, 4.69) is 37.4 Å². The predicted molar refractivity (Wildman–Crippen MR) is 89.9 cm³/mol. The SMILES string of the molecule is CCCNCC1CCC(C)CC1Cc1cccc(OC)c1. The van der Waals surface area contributed by atoms with Gasteiger partial charge >= 0.3 is 0 Å². The molecule has 118 valence electrons. The van der Waals surface area contributed by atoms with Crippen LogP contribution in [0.1, 0.15) is 45.1 Å². The van der Waals surface area contributed by atoms with Crippen molar-refractivity contribution in [3.63, 3.8) is 0 Å². The third-order valence-corrected chi connectivity index (χ3v) is 4.87. The Hall–Kier alpha value is -1.02. The van der Waals surface area contributed by atoms with Gasteiger partial charge in [-0.1, -0.05) is 32.4 Å². The summed E-state index contributed by atoms with van der Waals surface area (Å²) in [5.41, 5.74) is 1.42. The molecule has 0 bridgehead atoms. The lowest BCUT2D eigenvalue weighted by atomic mass is 9.72. The van der Waals surface area contributed by atoms with Crippen LogP contribution in [0.4, 0.5) is 0 Å². The van der Waals surface area contributed by atoms with E-state index in [1.54, 1.807) is 7.11 Å². The molecule has 1 aliphatic carbocycles. The van der Waals surface area contributed by atoms with Gasteiger partial charge in [-0.15, -0.1) is 0 Å². The van der Waals surface area contributed by atoms with E-state index in [4.69, 9.17) is 4.74 Å². The second-order valence-corrected chi connectivity index (χ2v) is 6.70. The third kappa shape index (κ3) is 5.03. The zero-order valence-electron chi connectivity index (χ0n) is 13.9. The van der Waals surface area contributed by atoms with Crippen molar-refractivity contribution in [2.45, 2.75) is 46.0 Å². The fraction of sp³-hybridized carbons (Fsp3) is 0.684. The average molecular weight is 289 g/mol. The summed E-state index contributed by atoms with van der Waals surface area (Å²) in [4.78, 5) is 0. The van der Waals surface area contributed by atoms with Gasteiger partial charge in [0.25, 0.3) is 0 Å². The lowest BCUT2D eigenvalue weighted by molar-refractivity contribution is 0.184. The van der Waals surface area contributed by atoms with Gasteiger partial charge in [-0.3, -0.25) is 0 Å². The Morgan fingerprint density at radius 2 is 2.10 bits per heavy atom. The van der Waals surface area contributed by atoms with Crippen LogP contribution in [0, 0.1) is 17.8 Å². The fourth-order valence-corrected chi connectivity index (χ4v) is 3.65. The summed E-state index contributed by atoms with van der Waals surface area (Å²) in [6.07, 6.45) is 6.57. The van der Waals surface area contributed by atoms with E-state index >= 15 is 0 Å². The first kappa shape index (κ1) is 16.4. The Balaban J connectivity index is 1.98. The topological polar surface area (TPSA) is 21.3 Å². The van der Waals surface area contributed by atoms with Crippen LogP contribution in [0.2, 0.25) is 0 Å². The van der Waals surface area contributed by atoms with Crippen molar-refractivity contribution in [3.8, 4) is 5.75 Å². The molecule has 3 atom stereocenters. The molecule has 0 aromatic heterocycles. The largest absolute Gasteiger partial charge is 0.497 e. The maximum absolute atomic E-state index is 5.36. The Kier molecular flexibility index (Phi) is 6.56. The zero-order chi connectivity index (χ0) is 15.1. The summed E-state index contributed by atoms with van der Waals surface area (Å²) in [5.74, 6) is 3.50. The van der Waals surface area contributed by atoms with Gasteiger partial charge in [0, 0.05) is 0 Å². The first-order valence-electron chi connectivity index (χ1n) is 8.56. The summed E-state index contributed by atoms with van der Waals surface area (Å²) >= 11 is 0. The summed E-state index contributed by atoms with van der Waals surface area (Å²) < 4.78 is 5.36. The van der Waals surface area contributed by atoms with Crippen LogP contribution in [0.5, 0.6) is 5.75 Å². The molecule has 0 heterocycles. The smallest absolute Gasteiger partial charge is 0.119 e. The van der Waals surface area contributed by atoms with Crippen molar-refractivity contribution in [1.82, 2.24) is 5.32 Å². The van der Waals surface area contributed by atoms with Gasteiger partial charge < -0.3 is 10.1 Å². The molecular weight excluding hydrogens is 258 g/mol. The summed E-state index contributed by atoms with van der Waals surface area (Å²) in [6.45, 7) is 6.99. The van der Waals surface area contributed by atoms with Crippen LogP contribution in [0.25, 0.3) is 0 Å². The highest BCUT2D eigenvalue weighted by Crippen LogP contribution is 2.35.